The van der Waals surface area contributed by atoms with Crippen LogP contribution in [0, 0.1) is 5.92 Å². The van der Waals surface area contributed by atoms with Crippen LogP contribution < -0.4 is 0 Å². The highest BCUT2D eigenvalue weighted by molar-refractivity contribution is 7.18. The second kappa shape index (κ2) is 6.06. The van der Waals surface area contributed by atoms with Crippen molar-refractivity contribution in [1.82, 2.24) is 9.88 Å². The molecule has 1 aliphatic carbocycles. The second-order valence-electron chi connectivity index (χ2n) is 6.40. The fourth-order valence-electron chi connectivity index (χ4n) is 3.59. The van der Waals surface area contributed by atoms with Crippen LogP contribution in [-0.4, -0.2) is 40.1 Å². The quantitative estimate of drug-likeness (QED) is 0.863. The number of likely N-dealkylation sites (tertiary alicyclic amines) is 1. The van der Waals surface area contributed by atoms with Gasteiger partial charge in [-0.3, -0.25) is 4.79 Å². The number of fused-ring (bicyclic) bond motifs is 1. The molecule has 5 heteroatoms. The van der Waals surface area contributed by atoms with Gasteiger partial charge in [0, 0.05) is 19.0 Å². The Morgan fingerprint density at radius 2 is 2.09 bits per heavy atom. The summed E-state index contributed by atoms with van der Waals surface area (Å²) in [6.07, 6.45) is 6.25. The summed E-state index contributed by atoms with van der Waals surface area (Å²) in [5.41, 5.74) is 1.02. The Bertz CT molecular complexity index is 721. The lowest BCUT2D eigenvalue weighted by Gasteiger charge is -2.29. The number of amides is 1. The van der Waals surface area contributed by atoms with Crippen molar-refractivity contribution >= 4 is 27.5 Å². The number of carbonyl (C=O) groups is 1. The molecule has 1 aliphatic heterocycles. The Morgan fingerprint density at radius 3 is 2.87 bits per heavy atom. The van der Waals surface area contributed by atoms with E-state index in [1.807, 2.05) is 23.1 Å². The van der Waals surface area contributed by atoms with Crippen LogP contribution in [0.1, 0.15) is 30.2 Å². The molecular formula is C18H20N2O2S. The zero-order valence-corrected chi connectivity index (χ0v) is 13.7. The number of para-hydroxylation sites is 1. The van der Waals surface area contributed by atoms with E-state index in [0.29, 0.717) is 19.5 Å². The summed E-state index contributed by atoms with van der Waals surface area (Å²) in [5, 5.41) is 10.8. The van der Waals surface area contributed by atoms with Crippen LogP contribution in [0.4, 0.5) is 0 Å². The largest absolute Gasteiger partial charge is 0.391 e. The predicted octanol–water partition coefficient (Wildman–Crippen LogP) is 2.94. The summed E-state index contributed by atoms with van der Waals surface area (Å²) in [5.74, 6) is 0.281. The molecule has 2 heterocycles. The molecule has 120 valence electrons. The number of benzene rings is 1. The zero-order chi connectivity index (χ0) is 15.8. The van der Waals surface area contributed by atoms with Gasteiger partial charge >= 0.3 is 0 Å². The first-order chi connectivity index (χ1) is 11.2. The lowest BCUT2D eigenvalue weighted by atomic mass is 9.82. The van der Waals surface area contributed by atoms with E-state index in [-0.39, 0.29) is 23.8 Å². The number of aliphatic hydroxyl groups is 1. The standard InChI is InChI=1S/C18H20N2O2S/c21-12-9-10-20(11-12)18(22)14-6-2-1-5-13(14)17-19-15-7-3-4-8-16(15)23-17/h1-4,7-8,12-14,21H,5-6,9-11H2/t12-,13?,14?/m1/s1. The molecule has 2 aromatic rings. The molecular weight excluding hydrogens is 308 g/mol. The molecule has 0 spiro atoms. The van der Waals surface area contributed by atoms with E-state index in [1.165, 1.54) is 4.70 Å². The van der Waals surface area contributed by atoms with Crippen LogP contribution in [0.15, 0.2) is 36.4 Å². The average molecular weight is 328 g/mol. The van der Waals surface area contributed by atoms with Crippen molar-refractivity contribution in [2.24, 2.45) is 5.92 Å². The molecule has 1 N–H and O–H groups in total. The highest BCUT2D eigenvalue weighted by Crippen LogP contribution is 2.39. The Hall–Kier alpha value is -1.72. The van der Waals surface area contributed by atoms with Gasteiger partial charge < -0.3 is 10.0 Å². The molecule has 2 aliphatic rings. The fourth-order valence-corrected chi connectivity index (χ4v) is 4.73. The third kappa shape index (κ3) is 2.79. The maximum absolute atomic E-state index is 12.9. The molecule has 1 fully saturated rings. The Morgan fingerprint density at radius 1 is 1.26 bits per heavy atom. The summed E-state index contributed by atoms with van der Waals surface area (Å²) in [4.78, 5) is 19.5. The number of aliphatic hydroxyl groups excluding tert-OH is 1. The third-order valence-electron chi connectivity index (χ3n) is 4.85. The Labute approximate surface area is 139 Å². The maximum Gasteiger partial charge on any atom is 0.226 e. The van der Waals surface area contributed by atoms with Gasteiger partial charge in [0.05, 0.1) is 27.2 Å². The van der Waals surface area contributed by atoms with Crippen molar-refractivity contribution in [3.63, 3.8) is 0 Å². The van der Waals surface area contributed by atoms with Crippen molar-refractivity contribution in [2.45, 2.75) is 31.3 Å². The van der Waals surface area contributed by atoms with Crippen LogP contribution >= 0.6 is 11.3 Å². The minimum Gasteiger partial charge on any atom is -0.391 e. The molecule has 0 saturated carbocycles. The Kier molecular flexibility index (Phi) is 3.91. The van der Waals surface area contributed by atoms with Gasteiger partial charge in [-0.15, -0.1) is 11.3 Å². The number of carbonyl (C=O) groups excluding carboxylic acids is 1. The van der Waals surface area contributed by atoms with Crippen LogP contribution in [0.3, 0.4) is 0 Å². The van der Waals surface area contributed by atoms with E-state index < -0.39 is 0 Å². The molecule has 2 unspecified atom stereocenters. The van der Waals surface area contributed by atoms with E-state index in [9.17, 15) is 9.90 Å². The summed E-state index contributed by atoms with van der Waals surface area (Å²) in [6, 6.07) is 8.14. The van der Waals surface area contributed by atoms with Gasteiger partial charge in [-0.25, -0.2) is 4.98 Å². The molecule has 1 amide bonds. The first kappa shape index (κ1) is 14.8. The van der Waals surface area contributed by atoms with E-state index in [4.69, 9.17) is 4.98 Å². The molecule has 1 saturated heterocycles. The molecule has 1 aromatic carbocycles. The summed E-state index contributed by atoms with van der Waals surface area (Å²) < 4.78 is 1.18. The second-order valence-corrected chi connectivity index (χ2v) is 7.46. The number of β-amino-alcohol motifs (C(OH)–C–C–N with tert-alkyl or cyclic N) is 1. The molecule has 1 aromatic heterocycles. The maximum atomic E-state index is 12.9. The zero-order valence-electron chi connectivity index (χ0n) is 12.9. The molecule has 4 nitrogen and oxygen atoms in total. The third-order valence-corrected chi connectivity index (χ3v) is 6.02. The number of hydrogen-bond donors (Lipinski definition) is 1. The van der Waals surface area contributed by atoms with Gasteiger partial charge in [0.25, 0.3) is 0 Å². The molecule has 0 radical (unpaired) electrons. The topological polar surface area (TPSA) is 53.4 Å². The highest BCUT2D eigenvalue weighted by Gasteiger charge is 2.36. The van der Waals surface area contributed by atoms with E-state index in [0.717, 1.165) is 23.4 Å². The first-order valence-electron chi connectivity index (χ1n) is 8.19. The van der Waals surface area contributed by atoms with Gasteiger partial charge in [0.15, 0.2) is 0 Å². The SMILES string of the molecule is O=C(C1CC=CCC1c1nc2ccccc2s1)N1CC[C@@H](O)C1. The summed E-state index contributed by atoms with van der Waals surface area (Å²) >= 11 is 1.70. The first-order valence-corrected chi connectivity index (χ1v) is 9.01. The van der Waals surface area contributed by atoms with Crippen LogP contribution in [-0.2, 0) is 4.79 Å². The average Bonchev–Trinajstić information content (AvgIpc) is 3.20. The van der Waals surface area contributed by atoms with Crippen molar-refractivity contribution < 1.29 is 9.90 Å². The van der Waals surface area contributed by atoms with Gasteiger partial charge in [-0.2, -0.15) is 0 Å². The van der Waals surface area contributed by atoms with Crippen LogP contribution in [0.2, 0.25) is 0 Å². The molecule has 3 atom stereocenters. The van der Waals surface area contributed by atoms with E-state index >= 15 is 0 Å². The number of nitrogens with zero attached hydrogens (tertiary/aromatic N) is 2. The van der Waals surface area contributed by atoms with E-state index in [1.54, 1.807) is 11.3 Å². The van der Waals surface area contributed by atoms with Gasteiger partial charge in [-0.05, 0) is 31.4 Å². The van der Waals surface area contributed by atoms with Gasteiger partial charge in [-0.1, -0.05) is 24.3 Å². The van der Waals surface area contributed by atoms with Gasteiger partial charge in [0.2, 0.25) is 5.91 Å². The normalized spacial score (nSPS) is 27.7. The van der Waals surface area contributed by atoms with Crippen LogP contribution in [0.25, 0.3) is 10.2 Å². The molecule has 23 heavy (non-hydrogen) atoms. The monoisotopic (exact) mass is 328 g/mol. The van der Waals surface area contributed by atoms with Gasteiger partial charge in [0.1, 0.15) is 0 Å². The van der Waals surface area contributed by atoms with Crippen molar-refractivity contribution in [3.8, 4) is 0 Å². The lowest BCUT2D eigenvalue weighted by Crippen LogP contribution is -2.38. The Balaban J connectivity index is 1.62. The number of aromatic nitrogens is 1. The number of allylic oxidation sites excluding steroid dienone is 2. The highest BCUT2D eigenvalue weighted by atomic mass is 32.1. The minimum absolute atomic E-state index is 0.0501. The smallest absolute Gasteiger partial charge is 0.226 e. The number of hydrogen-bond acceptors (Lipinski definition) is 4. The predicted molar refractivity (Wildman–Crippen MR) is 91.4 cm³/mol. The summed E-state index contributed by atoms with van der Waals surface area (Å²) in [7, 11) is 0. The van der Waals surface area contributed by atoms with Crippen molar-refractivity contribution in [3.05, 3.63) is 41.4 Å². The van der Waals surface area contributed by atoms with Crippen molar-refractivity contribution in [1.29, 1.82) is 0 Å². The lowest BCUT2D eigenvalue weighted by molar-refractivity contribution is -0.135. The number of thiazole rings is 1. The van der Waals surface area contributed by atoms with E-state index in [2.05, 4.69) is 18.2 Å². The fraction of sp³-hybridized carbons (Fsp3) is 0.444. The van der Waals surface area contributed by atoms with Crippen LogP contribution in [0.5, 0.6) is 0 Å². The number of rotatable bonds is 2. The summed E-state index contributed by atoms with van der Waals surface area (Å²) in [6.45, 7) is 1.15. The molecule has 4 rings (SSSR count). The minimum atomic E-state index is -0.362. The van der Waals surface area contributed by atoms with Crippen molar-refractivity contribution in [2.75, 3.05) is 13.1 Å². The molecule has 0 bridgehead atoms.